The van der Waals surface area contributed by atoms with Gasteiger partial charge in [0, 0.05) is 25.6 Å². The summed E-state index contributed by atoms with van der Waals surface area (Å²) in [6.45, 7) is 2.54. The molecule has 0 amide bonds. The summed E-state index contributed by atoms with van der Waals surface area (Å²) in [5.41, 5.74) is 5.97. The third-order valence-electron chi connectivity index (χ3n) is 4.31. The number of nitrogens with one attached hydrogen (secondary N) is 1. The van der Waals surface area contributed by atoms with Crippen LogP contribution in [0.5, 0.6) is 0 Å². The van der Waals surface area contributed by atoms with Crippen molar-refractivity contribution >= 4 is 5.84 Å². The molecule has 3 aliphatic carbocycles. The highest BCUT2D eigenvalue weighted by Crippen LogP contribution is 2.51. The Kier molecular flexibility index (Phi) is 2.46. The molecule has 0 spiro atoms. The standard InChI is InChI=1S/C13H23N3/c14-12(15)7-13(5-6-13)9-16(11-3-4-11)8-10-1-2-10/h10-11H,1-9H2,(H3,14,15). The molecule has 3 heteroatoms. The molecule has 16 heavy (non-hydrogen) atoms. The molecular weight excluding hydrogens is 198 g/mol. The Hall–Kier alpha value is -0.570. The van der Waals surface area contributed by atoms with Crippen LogP contribution in [0.15, 0.2) is 0 Å². The van der Waals surface area contributed by atoms with Gasteiger partial charge in [0.1, 0.15) is 0 Å². The molecule has 90 valence electrons. The van der Waals surface area contributed by atoms with Gasteiger partial charge < -0.3 is 5.73 Å². The van der Waals surface area contributed by atoms with Gasteiger partial charge in [-0.15, -0.1) is 0 Å². The van der Waals surface area contributed by atoms with E-state index >= 15 is 0 Å². The highest BCUT2D eigenvalue weighted by atomic mass is 15.2. The van der Waals surface area contributed by atoms with E-state index in [0.29, 0.717) is 11.3 Å². The largest absolute Gasteiger partial charge is 0.388 e. The van der Waals surface area contributed by atoms with Crippen molar-refractivity contribution in [1.29, 1.82) is 5.41 Å². The summed E-state index contributed by atoms with van der Waals surface area (Å²) in [7, 11) is 0. The number of rotatable bonds is 7. The zero-order valence-corrected chi connectivity index (χ0v) is 10.0. The highest BCUT2D eigenvalue weighted by Gasteiger charge is 2.47. The Morgan fingerprint density at radius 1 is 1.25 bits per heavy atom. The number of amidine groups is 1. The second-order valence-electron chi connectivity index (χ2n) is 6.31. The Morgan fingerprint density at radius 3 is 2.38 bits per heavy atom. The maximum absolute atomic E-state index is 7.47. The lowest BCUT2D eigenvalue weighted by Gasteiger charge is -2.27. The Balaban J connectivity index is 1.55. The fourth-order valence-corrected chi connectivity index (χ4v) is 2.82. The van der Waals surface area contributed by atoms with E-state index in [1.165, 1.54) is 51.6 Å². The zero-order valence-electron chi connectivity index (χ0n) is 10.0. The van der Waals surface area contributed by atoms with Crippen LogP contribution >= 0.6 is 0 Å². The minimum absolute atomic E-state index is 0.389. The lowest BCUT2D eigenvalue weighted by Crippen LogP contribution is -2.35. The van der Waals surface area contributed by atoms with Crippen molar-refractivity contribution in [1.82, 2.24) is 4.90 Å². The van der Waals surface area contributed by atoms with Gasteiger partial charge in [-0.3, -0.25) is 10.3 Å². The van der Waals surface area contributed by atoms with Gasteiger partial charge in [0.2, 0.25) is 0 Å². The quantitative estimate of drug-likeness (QED) is 0.510. The first-order chi connectivity index (χ1) is 7.67. The summed E-state index contributed by atoms with van der Waals surface area (Å²) < 4.78 is 0. The predicted molar refractivity (Wildman–Crippen MR) is 65.5 cm³/mol. The fourth-order valence-electron chi connectivity index (χ4n) is 2.82. The molecule has 3 saturated carbocycles. The minimum atomic E-state index is 0.389. The molecule has 3 fully saturated rings. The molecule has 0 aromatic heterocycles. The first kappa shape index (κ1) is 10.6. The van der Waals surface area contributed by atoms with Gasteiger partial charge in [0.15, 0.2) is 0 Å². The molecule has 0 atom stereocenters. The molecule has 0 heterocycles. The van der Waals surface area contributed by atoms with Crippen LogP contribution < -0.4 is 5.73 Å². The predicted octanol–water partition coefficient (Wildman–Crippen LogP) is 1.97. The van der Waals surface area contributed by atoms with Gasteiger partial charge in [0.25, 0.3) is 0 Å². The van der Waals surface area contributed by atoms with E-state index in [0.717, 1.165) is 18.4 Å². The van der Waals surface area contributed by atoms with E-state index in [1.807, 2.05) is 0 Å². The molecule has 0 unspecified atom stereocenters. The van der Waals surface area contributed by atoms with Crippen molar-refractivity contribution in [3.8, 4) is 0 Å². The molecule has 0 aromatic rings. The van der Waals surface area contributed by atoms with Gasteiger partial charge in [-0.2, -0.15) is 0 Å². The summed E-state index contributed by atoms with van der Waals surface area (Å²) in [6.07, 6.45) is 9.12. The van der Waals surface area contributed by atoms with Crippen molar-refractivity contribution < 1.29 is 0 Å². The van der Waals surface area contributed by atoms with Gasteiger partial charge >= 0.3 is 0 Å². The molecule has 0 aliphatic heterocycles. The third kappa shape index (κ3) is 2.57. The van der Waals surface area contributed by atoms with Crippen LogP contribution in [-0.2, 0) is 0 Å². The summed E-state index contributed by atoms with van der Waals surface area (Å²) >= 11 is 0. The molecule has 3 aliphatic rings. The molecule has 0 aromatic carbocycles. The number of hydrogen-bond acceptors (Lipinski definition) is 2. The van der Waals surface area contributed by atoms with Gasteiger partial charge in [-0.05, 0) is 49.9 Å². The van der Waals surface area contributed by atoms with E-state index in [1.54, 1.807) is 0 Å². The molecule has 3 N–H and O–H groups in total. The number of nitrogens with zero attached hydrogens (tertiary/aromatic N) is 1. The first-order valence-corrected chi connectivity index (χ1v) is 6.74. The highest BCUT2D eigenvalue weighted by molar-refractivity contribution is 5.78. The van der Waals surface area contributed by atoms with E-state index < -0.39 is 0 Å². The number of hydrogen-bond donors (Lipinski definition) is 2. The number of nitrogens with two attached hydrogens (primary N) is 1. The van der Waals surface area contributed by atoms with Gasteiger partial charge in [0.05, 0.1) is 5.84 Å². The Morgan fingerprint density at radius 2 is 1.94 bits per heavy atom. The van der Waals surface area contributed by atoms with Crippen LogP contribution in [0, 0.1) is 16.7 Å². The van der Waals surface area contributed by atoms with Crippen molar-refractivity contribution in [2.24, 2.45) is 17.1 Å². The summed E-state index contributed by atoms with van der Waals surface area (Å²) in [5, 5.41) is 7.47. The van der Waals surface area contributed by atoms with E-state index in [-0.39, 0.29) is 0 Å². The second kappa shape index (κ2) is 3.73. The van der Waals surface area contributed by atoms with Crippen molar-refractivity contribution in [2.45, 2.75) is 51.0 Å². The molecular formula is C13H23N3. The monoisotopic (exact) mass is 221 g/mol. The minimum Gasteiger partial charge on any atom is -0.388 e. The molecule has 0 bridgehead atoms. The summed E-state index contributed by atoms with van der Waals surface area (Å²) in [4.78, 5) is 2.72. The van der Waals surface area contributed by atoms with Gasteiger partial charge in [-0.25, -0.2) is 0 Å². The summed E-state index contributed by atoms with van der Waals surface area (Å²) in [6, 6.07) is 0.880. The molecule has 0 radical (unpaired) electrons. The topological polar surface area (TPSA) is 53.1 Å². The zero-order chi connectivity index (χ0) is 11.2. The van der Waals surface area contributed by atoms with Crippen molar-refractivity contribution in [2.75, 3.05) is 13.1 Å². The fraction of sp³-hybridized carbons (Fsp3) is 0.923. The van der Waals surface area contributed by atoms with E-state index in [4.69, 9.17) is 11.1 Å². The van der Waals surface area contributed by atoms with Crippen LogP contribution in [-0.4, -0.2) is 29.9 Å². The molecule has 3 rings (SSSR count). The van der Waals surface area contributed by atoms with Crippen LogP contribution in [0.1, 0.15) is 44.9 Å². The Labute approximate surface area is 97.9 Å². The lowest BCUT2D eigenvalue weighted by atomic mass is 10.0. The SMILES string of the molecule is N=C(N)CC1(CN(CC2CC2)C2CC2)CC1. The van der Waals surface area contributed by atoms with Crippen molar-refractivity contribution in [3.63, 3.8) is 0 Å². The molecule has 3 nitrogen and oxygen atoms in total. The van der Waals surface area contributed by atoms with Crippen LogP contribution in [0.2, 0.25) is 0 Å². The maximum Gasteiger partial charge on any atom is 0.0911 e. The average molecular weight is 221 g/mol. The van der Waals surface area contributed by atoms with Crippen LogP contribution in [0.4, 0.5) is 0 Å². The normalized spacial score (nSPS) is 27.1. The Bertz CT molecular complexity index is 288. The smallest absolute Gasteiger partial charge is 0.0911 e. The van der Waals surface area contributed by atoms with Crippen LogP contribution in [0.25, 0.3) is 0 Å². The van der Waals surface area contributed by atoms with Crippen molar-refractivity contribution in [3.05, 3.63) is 0 Å². The van der Waals surface area contributed by atoms with E-state index in [2.05, 4.69) is 4.90 Å². The van der Waals surface area contributed by atoms with E-state index in [9.17, 15) is 0 Å². The van der Waals surface area contributed by atoms with Gasteiger partial charge in [-0.1, -0.05) is 0 Å². The first-order valence-electron chi connectivity index (χ1n) is 6.74. The second-order valence-corrected chi connectivity index (χ2v) is 6.31. The van der Waals surface area contributed by atoms with Crippen LogP contribution in [0.3, 0.4) is 0 Å². The third-order valence-corrected chi connectivity index (χ3v) is 4.31. The molecule has 0 saturated heterocycles. The summed E-state index contributed by atoms with van der Waals surface area (Å²) in [5.74, 6) is 1.38. The average Bonchev–Trinajstić information content (AvgIpc) is 3.06. The maximum atomic E-state index is 7.47. The lowest BCUT2D eigenvalue weighted by molar-refractivity contribution is 0.204.